The Morgan fingerprint density at radius 2 is 1.76 bits per heavy atom. The summed E-state index contributed by atoms with van der Waals surface area (Å²) in [6.07, 6.45) is 13.7. The van der Waals surface area contributed by atoms with Crippen LogP contribution in [0.4, 0.5) is 0 Å². The molecule has 5 rings (SSSR count). The predicted molar refractivity (Wildman–Crippen MR) is 162 cm³/mol. The van der Waals surface area contributed by atoms with Crippen LogP contribution in [0.25, 0.3) is 33.8 Å². The molecule has 0 spiro atoms. The van der Waals surface area contributed by atoms with Crippen molar-refractivity contribution in [1.82, 2.24) is 9.55 Å². The van der Waals surface area contributed by atoms with Crippen LogP contribution in [0.3, 0.4) is 0 Å². The highest BCUT2D eigenvalue weighted by Gasteiger charge is 2.16. The third-order valence-corrected chi connectivity index (χ3v) is 7.73. The summed E-state index contributed by atoms with van der Waals surface area (Å²) in [4.78, 5) is 6.31. The summed E-state index contributed by atoms with van der Waals surface area (Å²) in [6.45, 7) is 1.31. The van der Waals surface area contributed by atoms with E-state index < -0.39 is 0 Å². The third kappa shape index (κ3) is 6.16. The molecule has 0 fully saturated rings. The Bertz CT molecular complexity index is 1530. The molecule has 1 aliphatic rings. The van der Waals surface area contributed by atoms with Crippen molar-refractivity contribution in [3.05, 3.63) is 118 Å². The highest BCUT2D eigenvalue weighted by Crippen LogP contribution is 2.33. The van der Waals surface area contributed by atoms with Crippen molar-refractivity contribution in [2.75, 3.05) is 20.0 Å². The molecule has 3 aromatic carbocycles. The molecule has 0 atom stereocenters. The van der Waals surface area contributed by atoms with E-state index in [2.05, 4.69) is 89.9 Å². The molecule has 6 heteroatoms. The van der Waals surface area contributed by atoms with Crippen molar-refractivity contribution in [2.24, 2.45) is 0 Å². The zero-order chi connectivity index (χ0) is 26.5. The summed E-state index contributed by atoms with van der Waals surface area (Å²) >= 11 is 14.5. The normalized spacial score (nSPS) is 13.3. The predicted octanol–water partition coefficient (Wildman–Crippen LogP) is 9.37. The molecule has 4 aromatic rings. The Labute approximate surface area is 238 Å². The van der Waals surface area contributed by atoms with E-state index in [1.807, 2.05) is 12.1 Å². The van der Waals surface area contributed by atoms with Gasteiger partial charge in [0.25, 0.3) is 0 Å². The van der Waals surface area contributed by atoms with E-state index >= 15 is 0 Å². The second kappa shape index (κ2) is 12.2. The second-order valence-corrected chi connectivity index (χ2v) is 10.8. The number of hydrogen-bond donors (Lipinski definition) is 0. The number of hydrogen-bond acceptors (Lipinski definition) is 3. The molecular formula is C32H28Cl2N2OS. The number of allylic oxidation sites excluding steroid dienone is 4. The fraction of sp³-hybridized carbons (Fsp3) is 0.156. The number of thioether (sulfide) groups is 1. The fourth-order valence-corrected chi connectivity index (χ4v) is 5.48. The van der Waals surface area contributed by atoms with Crippen molar-refractivity contribution >= 4 is 35.0 Å². The molecule has 0 aliphatic heterocycles. The lowest BCUT2D eigenvalue weighted by molar-refractivity contribution is 0.228. The molecule has 3 nitrogen and oxygen atoms in total. The number of methoxy groups -OCH3 is 1. The van der Waals surface area contributed by atoms with E-state index in [9.17, 15) is 0 Å². The summed E-state index contributed by atoms with van der Waals surface area (Å²) in [6, 6.07) is 22.7. The van der Waals surface area contributed by atoms with Crippen LogP contribution < -0.4 is 0 Å². The minimum atomic E-state index is 0.585. The molecule has 1 heterocycles. The van der Waals surface area contributed by atoms with Gasteiger partial charge in [-0.05, 0) is 65.3 Å². The summed E-state index contributed by atoms with van der Waals surface area (Å²) in [7, 11) is 1.72. The molecule has 0 N–H and O–H groups in total. The first-order valence-electron chi connectivity index (χ1n) is 12.4. The third-order valence-electron chi connectivity index (χ3n) is 6.46. The standard InChI is InChI=1S/C32H28Cl2N2OS/c1-37-21-23-6-3-5-22(9-10-23)19-36-20-31(29-16-15-27(33)18-30(29)34)35-32(36)25-13-11-24(12-14-25)26-7-4-8-28(17-26)38-2/h3-4,6-18,20H,5,19,21H2,1-2H3. The van der Waals surface area contributed by atoms with Gasteiger partial charge in [0.15, 0.2) is 0 Å². The Morgan fingerprint density at radius 1 is 0.947 bits per heavy atom. The molecule has 0 radical (unpaired) electrons. The van der Waals surface area contributed by atoms with Crippen LogP contribution in [0.15, 0.2) is 113 Å². The van der Waals surface area contributed by atoms with Crippen molar-refractivity contribution in [2.45, 2.75) is 17.9 Å². The van der Waals surface area contributed by atoms with Crippen LogP contribution in [0.2, 0.25) is 10.0 Å². The number of rotatable bonds is 8. The second-order valence-electron chi connectivity index (χ2n) is 9.12. The molecule has 38 heavy (non-hydrogen) atoms. The maximum atomic E-state index is 6.57. The Morgan fingerprint density at radius 3 is 2.53 bits per heavy atom. The minimum absolute atomic E-state index is 0.585. The van der Waals surface area contributed by atoms with Crippen molar-refractivity contribution in [3.63, 3.8) is 0 Å². The summed E-state index contributed by atoms with van der Waals surface area (Å²) in [5.74, 6) is 0.894. The van der Waals surface area contributed by atoms with Crippen LogP contribution in [0, 0.1) is 0 Å². The highest BCUT2D eigenvalue weighted by atomic mass is 35.5. The van der Waals surface area contributed by atoms with E-state index in [-0.39, 0.29) is 0 Å². The van der Waals surface area contributed by atoms with E-state index in [4.69, 9.17) is 32.9 Å². The number of imidazole rings is 1. The average Bonchev–Trinajstić information content (AvgIpc) is 3.21. The fourth-order valence-electron chi connectivity index (χ4n) is 4.52. The van der Waals surface area contributed by atoms with Crippen LogP contribution in [-0.2, 0) is 11.3 Å². The number of aromatic nitrogens is 2. The summed E-state index contributed by atoms with van der Waals surface area (Å²) in [5, 5.41) is 1.19. The maximum absolute atomic E-state index is 6.57. The van der Waals surface area contributed by atoms with E-state index in [1.165, 1.54) is 21.6 Å². The van der Waals surface area contributed by atoms with Crippen LogP contribution >= 0.6 is 35.0 Å². The topological polar surface area (TPSA) is 27.1 Å². The Kier molecular flexibility index (Phi) is 8.55. The number of nitrogens with zero attached hydrogens (tertiary/aromatic N) is 2. The number of halogens is 2. The van der Waals surface area contributed by atoms with Crippen LogP contribution in [0.5, 0.6) is 0 Å². The molecule has 0 saturated heterocycles. The van der Waals surface area contributed by atoms with Gasteiger partial charge in [-0.1, -0.05) is 83.9 Å². The van der Waals surface area contributed by atoms with E-state index in [0.29, 0.717) is 23.2 Å². The van der Waals surface area contributed by atoms with Crippen molar-refractivity contribution in [1.29, 1.82) is 0 Å². The molecule has 1 aliphatic carbocycles. The smallest absolute Gasteiger partial charge is 0.140 e. The zero-order valence-electron chi connectivity index (χ0n) is 21.3. The zero-order valence-corrected chi connectivity index (χ0v) is 23.7. The quantitative estimate of drug-likeness (QED) is 0.201. The number of benzene rings is 3. The van der Waals surface area contributed by atoms with Crippen molar-refractivity contribution in [3.8, 4) is 33.8 Å². The van der Waals surface area contributed by atoms with Gasteiger partial charge in [0, 0.05) is 40.9 Å². The summed E-state index contributed by atoms with van der Waals surface area (Å²) < 4.78 is 7.51. The van der Waals surface area contributed by atoms with Gasteiger partial charge in [-0.15, -0.1) is 11.8 Å². The molecule has 1 aromatic heterocycles. The molecule has 0 amide bonds. The summed E-state index contributed by atoms with van der Waals surface area (Å²) in [5.41, 5.74) is 7.54. The first kappa shape index (κ1) is 26.6. The monoisotopic (exact) mass is 558 g/mol. The Balaban J connectivity index is 1.52. The first-order chi connectivity index (χ1) is 18.5. The van der Waals surface area contributed by atoms with E-state index in [1.54, 1.807) is 24.9 Å². The van der Waals surface area contributed by atoms with Gasteiger partial charge in [0.2, 0.25) is 0 Å². The van der Waals surface area contributed by atoms with Gasteiger partial charge < -0.3 is 9.30 Å². The molecule has 0 saturated carbocycles. The van der Waals surface area contributed by atoms with Gasteiger partial charge in [-0.25, -0.2) is 4.98 Å². The lowest BCUT2D eigenvalue weighted by atomic mass is 10.0. The molecule has 0 unspecified atom stereocenters. The largest absolute Gasteiger partial charge is 0.380 e. The Hall–Kier alpha value is -3.02. The van der Waals surface area contributed by atoms with Crippen LogP contribution in [0.1, 0.15) is 6.42 Å². The van der Waals surface area contributed by atoms with Gasteiger partial charge in [0.05, 0.1) is 17.3 Å². The minimum Gasteiger partial charge on any atom is -0.380 e. The molecular weight excluding hydrogens is 531 g/mol. The SMILES string of the molecule is COCC1=CC=C(Cn2cc(-c3ccc(Cl)cc3Cl)nc2-c2ccc(-c3cccc(SC)c3)cc2)CC=C1. The van der Waals surface area contributed by atoms with Gasteiger partial charge in [-0.3, -0.25) is 0 Å². The van der Waals surface area contributed by atoms with Gasteiger partial charge >= 0.3 is 0 Å². The van der Waals surface area contributed by atoms with Crippen molar-refractivity contribution < 1.29 is 4.74 Å². The first-order valence-corrected chi connectivity index (χ1v) is 14.3. The van der Waals surface area contributed by atoms with Gasteiger partial charge in [-0.2, -0.15) is 0 Å². The van der Waals surface area contributed by atoms with E-state index in [0.717, 1.165) is 34.6 Å². The lowest BCUT2D eigenvalue weighted by Gasteiger charge is -2.11. The molecule has 0 bridgehead atoms. The maximum Gasteiger partial charge on any atom is 0.140 e. The molecule has 192 valence electrons. The van der Waals surface area contributed by atoms with Crippen LogP contribution in [-0.4, -0.2) is 29.5 Å². The lowest BCUT2D eigenvalue weighted by Crippen LogP contribution is -2.02. The number of ether oxygens (including phenoxy) is 1. The highest BCUT2D eigenvalue weighted by molar-refractivity contribution is 7.98. The van der Waals surface area contributed by atoms with Gasteiger partial charge in [0.1, 0.15) is 5.82 Å². The average molecular weight is 560 g/mol.